The Morgan fingerprint density at radius 2 is 1.81 bits per heavy atom. The Bertz CT molecular complexity index is 1000. The quantitative estimate of drug-likeness (QED) is 0.778. The summed E-state index contributed by atoms with van der Waals surface area (Å²) in [5.41, 5.74) is 1.12. The van der Waals surface area contributed by atoms with Gasteiger partial charge in [-0.05, 0) is 35.7 Å². The minimum Gasteiger partial charge on any atom is -0.305 e. The zero-order valence-electron chi connectivity index (χ0n) is 14.2. The van der Waals surface area contributed by atoms with Crippen LogP contribution in [-0.2, 0) is 20.5 Å². The van der Waals surface area contributed by atoms with Crippen LogP contribution >= 0.6 is 0 Å². The van der Waals surface area contributed by atoms with Gasteiger partial charge in [-0.15, -0.1) is 0 Å². The van der Waals surface area contributed by atoms with Crippen LogP contribution in [-0.4, -0.2) is 20.0 Å². The lowest BCUT2D eigenvalue weighted by molar-refractivity contribution is 0.101. The number of anilines is 1. The minimum absolute atomic E-state index is 0.207. The summed E-state index contributed by atoms with van der Waals surface area (Å²) in [6.07, 6.45) is 3.26. The van der Waals surface area contributed by atoms with Crippen LogP contribution in [0.4, 0.5) is 14.6 Å². The molecule has 0 saturated heterocycles. The van der Waals surface area contributed by atoms with Gasteiger partial charge in [0.2, 0.25) is 0 Å². The van der Waals surface area contributed by atoms with E-state index in [4.69, 9.17) is 0 Å². The van der Waals surface area contributed by atoms with Gasteiger partial charge in [0.05, 0.1) is 0 Å². The van der Waals surface area contributed by atoms with Crippen molar-refractivity contribution in [1.29, 1.82) is 0 Å². The third kappa shape index (κ3) is 3.69. The first-order chi connectivity index (χ1) is 12.3. The van der Waals surface area contributed by atoms with Crippen molar-refractivity contribution < 1.29 is 13.6 Å². The Labute approximate surface area is 147 Å². The molecule has 3 rings (SSSR count). The van der Waals surface area contributed by atoms with Crippen LogP contribution in [0.15, 0.2) is 47.5 Å². The number of carbonyl (C=O) groups excluding carboxylic acids is 1. The molecule has 134 valence electrons. The van der Waals surface area contributed by atoms with Crippen molar-refractivity contribution in [2.75, 3.05) is 5.32 Å². The Balaban J connectivity index is 1.72. The van der Waals surface area contributed by atoms with Gasteiger partial charge in [-0.1, -0.05) is 6.07 Å². The molecule has 0 saturated carbocycles. The van der Waals surface area contributed by atoms with E-state index in [1.165, 1.54) is 40.7 Å². The number of nitrogens with zero attached hydrogens (tertiary/aromatic N) is 3. The molecule has 8 heteroatoms. The smallest absolute Gasteiger partial charge is 0.305 e. The van der Waals surface area contributed by atoms with Gasteiger partial charge >= 0.3 is 5.69 Å². The molecular formula is C18H16F2N4O2. The molecule has 0 unspecified atom stereocenters. The first kappa shape index (κ1) is 17.5. The number of pyridine rings is 1. The normalized spacial score (nSPS) is 10.8. The summed E-state index contributed by atoms with van der Waals surface area (Å²) >= 11 is 0. The molecule has 2 heterocycles. The lowest BCUT2D eigenvalue weighted by Gasteiger charge is -2.06. The third-order valence-corrected chi connectivity index (χ3v) is 3.90. The summed E-state index contributed by atoms with van der Waals surface area (Å²) < 4.78 is 29.0. The fraction of sp³-hybridized carbons (Fsp3) is 0.167. The molecule has 0 fully saturated rings. The van der Waals surface area contributed by atoms with E-state index in [0.29, 0.717) is 17.8 Å². The summed E-state index contributed by atoms with van der Waals surface area (Å²) in [5.74, 6) is -1.42. The molecule has 1 aromatic carbocycles. The number of aromatic nitrogens is 3. The fourth-order valence-electron chi connectivity index (χ4n) is 2.61. The van der Waals surface area contributed by atoms with Crippen LogP contribution < -0.4 is 11.0 Å². The summed E-state index contributed by atoms with van der Waals surface area (Å²) in [5, 5.41) is 2.61. The molecule has 0 aliphatic carbocycles. The number of hydrogen-bond donors (Lipinski definition) is 1. The average molecular weight is 358 g/mol. The van der Waals surface area contributed by atoms with Crippen LogP contribution in [0.1, 0.15) is 21.6 Å². The number of rotatable bonds is 4. The highest BCUT2D eigenvalue weighted by Gasteiger charge is 2.14. The second-order valence-electron chi connectivity index (χ2n) is 5.93. The van der Waals surface area contributed by atoms with E-state index in [9.17, 15) is 18.4 Å². The number of nitrogens with one attached hydrogen (secondary N) is 1. The highest BCUT2D eigenvalue weighted by atomic mass is 19.1. The first-order valence-corrected chi connectivity index (χ1v) is 7.77. The average Bonchev–Trinajstić information content (AvgIpc) is 2.83. The molecule has 3 aromatic rings. The van der Waals surface area contributed by atoms with Crippen LogP contribution in [0.5, 0.6) is 0 Å². The SMILES string of the molecule is Cn1cc(C(=O)Nc2ccc(Cc3cc(F)cc(F)c3)cn2)n(C)c1=O. The van der Waals surface area contributed by atoms with E-state index < -0.39 is 17.5 Å². The summed E-state index contributed by atoms with van der Waals surface area (Å²) in [6, 6.07) is 6.63. The molecule has 1 N–H and O–H groups in total. The molecular weight excluding hydrogens is 342 g/mol. The second kappa shape index (κ2) is 6.91. The predicted molar refractivity (Wildman–Crippen MR) is 92.0 cm³/mol. The van der Waals surface area contributed by atoms with Gasteiger partial charge in [-0.25, -0.2) is 18.6 Å². The van der Waals surface area contributed by atoms with Crippen molar-refractivity contribution in [2.45, 2.75) is 6.42 Å². The number of hydrogen-bond acceptors (Lipinski definition) is 3. The maximum absolute atomic E-state index is 13.2. The van der Waals surface area contributed by atoms with E-state index in [1.54, 1.807) is 19.2 Å². The lowest BCUT2D eigenvalue weighted by atomic mass is 10.1. The van der Waals surface area contributed by atoms with Gasteiger partial charge in [0.15, 0.2) is 0 Å². The number of carbonyl (C=O) groups is 1. The fourth-order valence-corrected chi connectivity index (χ4v) is 2.61. The second-order valence-corrected chi connectivity index (χ2v) is 5.93. The summed E-state index contributed by atoms with van der Waals surface area (Å²) in [6.45, 7) is 0. The predicted octanol–water partition coefficient (Wildman–Crippen LogP) is 2.24. The minimum atomic E-state index is -0.634. The van der Waals surface area contributed by atoms with E-state index >= 15 is 0 Å². The van der Waals surface area contributed by atoms with E-state index in [-0.39, 0.29) is 11.4 Å². The van der Waals surface area contributed by atoms with Gasteiger partial charge in [-0.3, -0.25) is 9.36 Å². The number of benzene rings is 1. The van der Waals surface area contributed by atoms with Gasteiger partial charge < -0.3 is 9.88 Å². The molecule has 2 aromatic heterocycles. The highest BCUT2D eigenvalue weighted by Crippen LogP contribution is 2.14. The third-order valence-electron chi connectivity index (χ3n) is 3.90. The highest BCUT2D eigenvalue weighted by molar-refractivity contribution is 6.02. The topological polar surface area (TPSA) is 68.9 Å². The van der Waals surface area contributed by atoms with Crippen molar-refractivity contribution in [2.24, 2.45) is 14.1 Å². The summed E-state index contributed by atoms with van der Waals surface area (Å²) in [7, 11) is 3.06. The van der Waals surface area contributed by atoms with Gasteiger partial charge in [0.25, 0.3) is 5.91 Å². The molecule has 0 bridgehead atoms. The van der Waals surface area contributed by atoms with Crippen molar-refractivity contribution in [3.8, 4) is 0 Å². The van der Waals surface area contributed by atoms with Crippen LogP contribution in [0, 0.1) is 11.6 Å². The molecule has 0 radical (unpaired) electrons. The molecule has 0 aliphatic heterocycles. The maximum atomic E-state index is 13.2. The number of halogens is 2. The Hall–Kier alpha value is -3.29. The molecule has 0 spiro atoms. The van der Waals surface area contributed by atoms with E-state index in [2.05, 4.69) is 10.3 Å². The van der Waals surface area contributed by atoms with Crippen molar-refractivity contribution in [1.82, 2.24) is 14.1 Å². The number of imidazole rings is 1. The standard InChI is InChI=1S/C18H16F2N4O2/c1-23-10-15(24(2)18(23)26)17(25)22-16-4-3-11(9-21-16)5-12-6-13(19)8-14(20)7-12/h3-4,6-10H,5H2,1-2H3,(H,21,22,25). The Kier molecular flexibility index (Phi) is 4.66. The van der Waals surface area contributed by atoms with Crippen LogP contribution in [0.3, 0.4) is 0 Å². The van der Waals surface area contributed by atoms with Gasteiger partial charge in [-0.2, -0.15) is 0 Å². The van der Waals surface area contributed by atoms with Gasteiger partial charge in [0, 0.05) is 32.6 Å². The van der Waals surface area contributed by atoms with Crippen LogP contribution in [0.25, 0.3) is 0 Å². The zero-order chi connectivity index (χ0) is 18.8. The van der Waals surface area contributed by atoms with Crippen molar-refractivity contribution >= 4 is 11.7 Å². The van der Waals surface area contributed by atoms with Gasteiger partial charge in [0.1, 0.15) is 23.1 Å². The Morgan fingerprint density at radius 3 is 2.35 bits per heavy atom. The molecule has 1 amide bonds. The van der Waals surface area contributed by atoms with E-state index in [0.717, 1.165) is 11.6 Å². The Morgan fingerprint density at radius 1 is 1.12 bits per heavy atom. The molecule has 26 heavy (non-hydrogen) atoms. The molecule has 6 nitrogen and oxygen atoms in total. The number of amides is 1. The first-order valence-electron chi connectivity index (χ1n) is 7.77. The monoisotopic (exact) mass is 358 g/mol. The van der Waals surface area contributed by atoms with Crippen LogP contribution in [0.2, 0.25) is 0 Å². The van der Waals surface area contributed by atoms with E-state index in [1.807, 2.05) is 0 Å². The summed E-state index contributed by atoms with van der Waals surface area (Å²) in [4.78, 5) is 28.1. The largest absolute Gasteiger partial charge is 0.328 e. The zero-order valence-corrected chi connectivity index (χ0v) is 14.2. The van der Waals surface area contributed by atoms with Crippen molar-refractivity contribution in [3.05, 3.63) is 81.7 Å². The number of aryl methyl sites for hydroxylation is 1. The van der Waals surface area contributed by atoms with Crippen molar-refractivity contribution in [3.63, 3.8) is 0 Å². The molecule has 0 atom stereocenters. The lowest BCUT2D eigenvalue weighted by Crippen LogP contribution is -2.23. The maximum Gasteiger partial charge on any atom is 0.328 e. The molecule has 0 aliphatic rings.